The van der Waals surface area contributed by atoms with E-state index in [0.717, 1.165) is 47.4 Å². The molecule has 0 amide bonds. The van der Waals surface area contributed by atoms with Crippen molar-refractivity contribution in [2.45, 2.75) is 26.9 Å². The number of anilines is 2. The van der Waals surface area contributed by atoms with Gasteiger partial charge in [0.25, 0.3) is 0 Å². The van der Waals surface area contributed by atoms with E-state index in [9.17, 15) is 0 Å². The molecule has 9 heteroatoms. The van der Waals surface area contributed by atoms with Crippen LogP contribution in [-0.2, 0) is 13.1 Å². The molecule has 7 nitrogen and oxygen atoms in total. The van der Waals surface area contributed by atoms with Crippen molar-refractivity contribution >= 4 is 62.0 Å². The Hall–Kier alpha value is -3.56. The van der Waals surface area contributed by atoms with Gasteiger partial charge in [-0.2, -0.15) is 0 Å². The zero-order valence-corrected chi connectivity index (χ0v) is 30.5. The molecule has 0 spiro atoms. The second-order valence-corrected chi connectivity index (χ2v) is 26.4. The molecule has 10 rings (SSSR count). The van der Waals surface area contributed by atoms with E-state index in [2.05, 4.69) is 110 Å². The van der Waals surface area contributed by atoms with Crippen LogP contribution in [0.1, 0.15) is 22.3 Å². The molecule has 6 aromatic rings. The molecule has 43 heavy (non-hydrogen) atoms. The van der Waals surface area contributed by atoms with Crippen LogP contribution in [0.5, 0.6) is 11.5 Å². The third-order valence-electron chi connectivity index (χ3n) is 9.75. The van der Waals surface area contributed by atoms with E-state index in [1.165, 1.54) is 33.6 Å². The van der Waals surface area contributed by atoms with Crippen LogP contribution in [-0.4, -0.2) is 59.1 Å². The van der Waals surface area contributed by atoms with Crippen molar-refractivity contribution in [3.63, 3.8) is 0 Å². The zero-order chi connectivity index (χ0) is 28.4. The van der Waals surface area contributed by atoms with Crippen LogP contribution in [0.15, 0.2) is 97.6 Å². The SMILES string of the molecule is Cc1cccc2[c]1[In]1[N](C2)c2ccc(Oc3ccc4c(c3)-c3ncc[n]3[In]3[c]5c(C)cccc5C[N]43)cc2-c2ncc[n]21. The van der Waals surface area contributed by atoms with Crippen LogP contribution in [0.3, 0.4) is 0 Å². The third-order valence-corrected chi connectivity index (χ3v) is 28.8. The molecule has 4 aromatic carbocycles. The summed E-state index contributed by atoms with van der Waals surface area (Å²) in [6.07, 6.45) is 8.32. The fraction of sp³-hybridized carbons (Fsp3) is 0.118. The molecule has 6 heterocycles. The molecule has 0 radical (unpaired) electrons. The Bertz CT molecular complexity index is 2000. The number of imidazole rings is 2. The summed E-state index contributed by atoms with van der Waals surface area (Å²) in [7, 11) is 0. The first kappa shape index (κ1) is 24.8. The normalized spacial score (nSPS) is 14.8. The number of nitrogens with zero attached hydrogens (tertiary/aromatic N) is 6. The minimum absolute atomic E-state index is 0.829. The van der Waals surface area contributed by atoms with Gasteiger partial charge in [-0.05, 0) is 0 Å². The first-order valence-electron chi connectivity index (χ1n) is 14.9. The van der Waals surface area contributed by atoms with Crippen molar-refractivity contribution in [2.75, 3.05) is 5.78 Å². The first-order chi connectivity index (χ1) is 21.1. The summed E-state index contributed by atoms with van der Waals surface area (Å²) in [5, 5.41) is 0. The van der Waals surface area contributed by atoms with Gasteiger partial charge >= 0.3 is 269 Å². The fourth-order valence-corrected chi connectivity index (χ4v) is 27.6. The summed E-state index contributed by atoms with van der Waals surface area (Å²) in [6.45, 7) is 6.48. The summed E-state index contributed by atoms with van der Waals surface area (Å²) in [5.41, 5.74) is 10.7. The molecule has 0 atom stereocenters. The van der Waals surface area contributed by atoms with Crippen molar-refractivity contribution in [1.29, 1.82) is 0 Å². The van der Waals surface area contributed by atoms with Crippen molar-refractivity contribution in [3.05, 3.63) is 120 Å². The summed E-state index contributed by atoms with van der Waals surface area (Å²) in [4.78, 5) is 9.73. The molecular weight excluding hydrogens is 738 g/mol. The zero-order valence-electron chi connectivity index (χ0n) is 23.9. The maximum absolute atomic E-state index is 6.60. The van der Waals surface area contributed by atoms with Crippen LogP contribution in [0, 0.1) is 13.8 Å². The van der Waals surface area contributed by atoms with E-state index in [1.807, 2.05) is 12.4 Å². The number of aromatic nitrogens is 4. The van der Waals surface area contributed by atoms with E-state index in [-0.39, 0.29) is 0 Å². The Morgan fingerprint density at radius 3 is 1.60 bits per heavy atom. The predicted octanol–water partition coefficient (Wildman–Crippen LogP) is 4.98. The molecule has 2 aromatic heterocycles. The Balaban J connectivity index is 1.02. The standard InChI is InChI=1S/C34H26N6O.2In/c1-23-5-3-7-25(17-23)21-39-31-11-9-27(19-29(31)33-35-13-14-36-33)41-28-10-12-32(30(20-28)34-37-15-16-38-34)40-22-26-8-4-6-24(2)18-26;;/h3-16,19-20H,21-22H2,1-2H3;;/q-4;2*+2. The van der Waals surface area contributed by atoms with Gasteiger partial charge in [-0.3, -0.25) is 0 Å². The molecule has 4 aliphatic heterocycles. The Labute approximate surface area is 266 Å². The quantitative estimate of drug-likeness (QED) is 0.250. The number of hydrogen-bond acceptors (Lipinski definition) is 5. The van der Waals surface area contributed by atoms with Crippen LogP contribution in [0.25, 0.3) is 22.8 Å². The summed E-state index contributed by atoms with van der Waals surface area (Å²) in [5.74, 6) is 3.80. The van der Waals surface area contributed by atoms with Crippen molar-refractivity contribution in [1.82, 2.24) is 15.1 Å². The second kappa shape index (κ2) is 8.99. The molecule has 204 valence electrons. The second-order valence-electron chi connectivity index (χ2n) is 12.1. The average molecular weight is 764 g/mol. The van der Waals surface area contributed by atoms with Gasteiger partial charge in [0.15, 0.2) is 0 Å². The Kier molecular flexibility index (Phi) is 5.19. The summed E-state index contributed by atoms with van der Waals surface area (Å²) >= 11 is -5.07. The molecule has 0 aliphatic carbocycles. The first-order valence-corrected chi connectivity index (χ1v) is 24.1. The topological polar surface area (TPSA) is 51.4 Å². The van der Waals surface area contributed by atoms with Crippen LogP contribution < -0.4 is 17.2 Å². The minimum atomic E-state index is -2.54. The molecule has 0 N–H and O–H groups in total. The monoisotopic (exact) mass is 764 g/mol. The van der Waals surface area contributed by atoms with Crippen molar-refractivity contribution < 1.29 is 4.74 Å². The number of aryl methyl sites for hydroxylation is 2. The molecule has 0 saturated heterocycles. The van der Waals surface area contributed by atoms with Crippen molar-refractivity contribution in [3.8, 4) is 34.3 Å². The Morgan fingerprint density at radius 2 is 1.12 bits per heavy atom. The number of hydrogen-bond donors (Lipinski definition) is 0. The maximum atomic E-state index is 6.60. The Morgan fingerprint density at radius 1 is 0.628 bits per heavy atom. The molecular formula is C34H26In2N6O. The molecule has 0 saturated carbocycles. The van der Waals surface area contributed by atoms with Gasteiger partial charge in [0, 0.05) is 0 Å². The van der Waals surface area contributed by atoms with Crippen LogP contribution in [0.2, 0.25) is 0 Å². The molecule has 4 aliphatic rings. The van der Waals surface area contributed by atoms with Crippen LogP contribution in [0.4, 0.5) is 11.4 Å². The fourth-order valence-electron chi connectivity index (χ4n) is 7.95. The number of benzene rings is 4. The third kappa shape index (κ3) is 3.40. The number of fused-ring (bicyclic) bond motifs is 16. The van der Waals surface area contributed by atoms with Gasteiger partial charge in [0.05, 0.1) is 0 Å². The van der Waals surface area contributed by atoms with Gasteiger partial charge in [-0.1, -0.05) is 0 Å². The van der Waals surface area contributed by atoms with E-state index in [1.54, 1.807) is 6.64 Å². The molecule has 0 unspecified atom stereocenters. The van der Waals surface area contributed by atoms with Gasteiger partial charge < -0.3 is 0 Å². The van der Waals surface area contributed by atoms with E-state index < -0.39 is 44.0 Å². The average Bonchev–Trinajstić information content (AvgIpc) is 3.81. The number of rotatable bonds is 2. The summed E-state index contributed by atoms with van der Waals surface area (Å²) in [6, 6.07) is 26.7. The summed E-state index contributed by atoms with van der Waals surface area (Å²) < 4.78 is 20.2. The number of ether oxygens (including phenoxy) is 1. The van der Waals surface area contributed by atoms with Gasteiger partial charge in [-0.15, -0.1) is 0 Å². The van der Waals surface area contributed by atoms with E-state index in [0.29, 0.717) is 0 Å². The van der Waals surface area contributed by atoms with Gasteiger partial charge in [0.1, 0.15) is 0 Å². The predicted molar refractivity (Wildman–Crippen MR) is 172 cm³/mol. The van der Waals surface area contributed by atoms with Crippen LogP contribution >= 0.6 is 0 Å². The van der Waals surface area contributed by atoms with Gasteiger partial charge in [0.2, 0.25) is 0 Å². The van der Waals surface area contributed by atoms with Crippen molar-refractivity contribution in [2.24, 2.45) is 0 Å². The molecule has 0 fully saturated rings. The van der Waals surface area contributed by atoms with Gasteiger partial charge in [-0.25, -0.2) is 0 Å². The van der Waals surface area contributed by atoms with E-state index in [4.69, 9.17) is 14.7 Å². The van der Waals surface area contributed by atoms with E-state index >= 15 is 0 Å². The molecule has 0 bridgehead atoms.